The lowest BCUT2D eigenvalue weighted by Crippen LogP contribution is -2.31. The highest BCUT2D eigenvalue weighted by atomic mass is 16.6. The molecule has 1 aliphatic heterocycles. The molecule has 2 aromatic carbocycles. The van der Waals surface area contributed by atoms with Crippen LogP contribution in [0.15, 0.2) is 47.6 Å². The first-order valence-corrected chi connectivity index (χ1v) is 9.35. The number of carbonyl (C=O) groups excluding carboxylic acids is 1. The number of hydrazone groups is 1. The van der Waals surface area contributed by atoms with Crippen LogP contribution in [0, 0.1) is 16.0 Å². The lowest BCUT2D eigenvalue weighted by atomic mass is 9.77. The Bertz CT molecular complexity index is 985. The van der Waals surface area contributed by atoms with E-state index in [1.165, 1.54) is 11.1 Å². The first-order valence-electron chi connectivity index (χ1n) is 9.35. The SMILES string of the molecule is CCC(=O)N1N=C2c3ccc(OC)cc3CC[C@@H]2[C@H]1c1cccc([N+](=O)[O-])c1. The molecule has 0 fully saturated rings. The maximum Gasteiger partial charge on any atom is 0.269 e. The van der Waals surface area contributed by atoms with Gasteiger partial charge in [0.15, 0.2) is 0 Å². The summed E-state index contributed by atoms with van der Waals surface area (Å²) < 4.78 is 5.33. The molecular weight excluding hydrogens is 358 g/mol. The van der Waals surface area contributed by atoms with Gasteiger partial charge in [-0.3, -0.25) is 14.9 Å². The number of hydrogen-bond donors (Lipinski definition) is 0. The minimum Gasteiger partial charge on any atom is -0.497 e. The fraction of sp³-hybridized carbons (Fsp3) is 0.333. The van der Waals surface area contributed by atoms with Crippen LogP contribution >= 0.6 is 0 Å². The normalized spacial score (nSPS) is 20.2. The minimum atomic E-state index is -0.408. The van der Waals surface area contributed by atoms with Crippen molar-refractivity contribution < 1.29 is 14.5 Å². The largest absolute Gasteiger partial charge is 0.497 e. The third kappa shape index (κ3) is 2.93. The summed E-state index contributed by atoms with van der Waals surface area (Å²) in [7, 11) is 1.64. The smallest absolute Gasteiger partial charge is 0.269 e. The zero-order valence-electron chi connectivity index (χ0n) is 15.8. The van der Waals surface area contributed by atoms with Gasteiger partial charge in [0.2, 0.25) is 5.91 Å². The Balaban J connectivity index is 1.79. The first-order chi connectivity index (χ1) is 13.5. The van der Waals surface area contributed by atoms with Gasteiger partial charge in [0.1, 0.15) is 5.75 Å². The van der Waals surface area contributed by atoms with E-state index in [0.717, 1.165) is 41.0 Å². The second-order valence-corrected chi connectivity index (χ2v) is 7.04. The Labute approximate surface area is 162 Å². The maximum atomic E-state index is 12.6. The molecule has 0 unspecified atom stereocenters. The number of nitro benzene ring substituents is 1. The molecule has 2 atom stereocenters. The monoisotopic (exact) mass is 379 g/mol. The van der Waals surface area contributed by atoms with Crippen LogP contribution in [-0.2, 0) is 11.2 Å². The molecule has 7 nitrogen and oxygen atoms in total. The van der Waals surface area contributed by atoms with E-state index in [9.17, 15) is 14.9 Å². The molecular formula is C21H21N3O4. The number of nitrogens with zero attached hydrogens (tertiary/aromatic N) is 3. The van der Waals surface area contributed by atoms with Crippen LogP contribution < -0.4 is 4.74 Å². The molecule has 0 saturated heterocycles. The van der Waals surface area contributed by atoms with E-state index in [-0.39, 0.29) is 23.6 Å². The average Bonchev–Trinajstić information content (AvgIpc) is 3.12. The standard InChI is InChI=1S/C21H21N3O4/c1-3-19(25)23-21(14-5-4-6-15(11-14)24(26)27)18-9-7-13-12-16(28-2)8-10-17(13)20(18)22-23/h4-6,8,10-12,18,21H,3,7,9H2,1-2H3/t18-,21+/m0/s1. The molecule has 2 aromatic rings. The van der Waals surface area contributed by atoms with Gasteiger partial charge in [-0.2, -0.15) is 5.10 Å². The number of amides is 1. The highest BCUT2D eigenvalue weighted by molar-refractivity contribution is 6.07. The molecule has 2 aliphatic rings. The first kappa shape index (κ1) is 18.2. The molecule has 0 aromatic heterocycles. The second kappa shape index (κ2) is 7.07. The summed E-state index contributed by atoms with van der Waals surface area (Å²) in [6.07, 6.45) is 1.99. The highest BCUT2D eigenvalue weighted by Gasteiger charge is 2.43. The molecule has 0 N–H and O–H groups in total. The number of benzene rings is 2. The van der Waals surface area contributed by atoms with Crippen LogP contribution in [0.3, 0.4) is 0 Å². The Kier molecular flexibility index (Phi) is 4.58. The van der Waals surface area contributed by atoms with Crippen molar-refractivity contribution >= 4 is 17.3 Å². The third-order valence-electron chi connectivity index (χ3n) is 5.50. The van der Waals surface area contributed by atoms with Crippen LogP contribution in [0.5, 0.6) is 5.75 Å². The molecule has 7 heteroatoms. The van der Waals surface area contributed by atoms with Crippen molar-refractivity contribution in [2.45, 2.75) is 32.2 Å². The fourth-order valence-corrected chi connectivity index (χ4v) is 4.15. The van der Waals surface area contributed by atoms with E-state index >= 15 is 0 Å². The van der Waals surface area contributed by atoms with Crippen molar-refractivity contribution in [1.29, 1.82) is 0 Å². The van der Waals surface area contributed by atoms with Crippen LogP contribution in [0.2, 0.25) is 0 Å². The van der Waals surface area contributed by atoms with Gasteiger partial charge in [-0.15, -0.1) is 0 Å². The van der Waals surface area contributed by atoms with Crippen LogP contribution in [-0.4, -0.2) is 28.7 Å². The molecule has 0 radical (unpaired) electrons. The lowest BCUT2D eigenvalue weighted by molar-refractivity contribution is -0.385. The van der Waals surface area contributed by atoms with Gasteiger partial charge in [0, 0.05) is 30.0 Å². The van der Waals surface area contributed by atoms with Crippen LogP contribution in [0.25, 0.3) is 0 Å². The molecule has 1 heterocycles. The van der Waals surface area contributed by atoms with Crippen molar-refractivity contribution in [2.75, 3.05) is 7.11 Å². The van der Waals surface area contributed by atoms with Crippen molar-refractivity contribution in [1.82, 2.24) is 5.01 Å². The molecule has 144 valence electrons. The Morgan fingerprint density at radius 2 is 2.14 bits per heavy atom. The summed E-state index contributed by atoms with van der Waals surface area (Å²) >= 11 is 0. The summed E-state index contributed by atoms with van der Waals surface area (Å²) in [5.74, 6) is 0.722. The van der Waals surface area contributed by atoms with E-state index in [2.05, 4.69) is 0 Å². The van der Waals surface area contributed by atoms with Gasteiger partial charge < -0.3 is 4.74 Å². The van der Waals surface area contributed by atoms with E-state index < -0.39 is 4.92 Å². The van der Waals surface area contributed by atoms with Gasteiger partial charge in [0.05, 0.1) is 23.8 Å². The zero-order valence-corrected chi connectivity index (χ0v) is 15.8. The molecule has 0 spiro atoms. The van der Waals surface area contributed by atoms with Crippen molar-refractivity contribution in [3.8, 4) is 5.75 Å². The molecule has 0 saturated carbocycles. The van der Waals surface area contributed by atoms with Gasteiger partial charge in [-0.25, -0.2) is 5.01 Å². The lowest BCUT2D eigenvalue weighted by Gasteiger charge is -2.29. The number of carbonyl (C=O) groups is 1. The third-order valence-corrected chi connectivity index (χ3v) is 5.50. The molecule has 0 bridgehead atoms. The predicted octanol–water partition coefficient (Wildman–Crippen LogP) is 3.86. The average molecular weight is 379 g/mol. The number of fused-ring (bicyclic) bond motifs is 3. The Hall–Kier alpha value is -3.22. The van der Waals surface area contributed by atoms with E-state index in [1.807, 2.05) is 24.3 Å². The topological polar surface area (TPSA) is 85.0 Å². The van der Waals surface area contributed by atoms with Gasteiger partial charge >= 0.3 is 0 Å². The number of ether oxygens (including phenoxy) is 1. The number of hydrogen-bond acceptors (Lipinski definition) is 5. The van der Waals surface area contributed by atoms with Gasteiger partial charge in [-0.1, -0.05) is 19.1 Å². The predicted molar refractivity (Wildman–Crippen MR) is 104 cm³/mol. The van der Waals surface area contributed by atoms with Crippen LogP contribution in [0.1, 0.15) is 42.5 Å². The molecule has 28 heavy (non-hydrogen) atoms. The van der Waals surface area contributed by atoms with Crippen molar-refractivity contribution in [2.24, 2.45) is 11.0 Å². The number of aryl methyl sites for hydroxylation is 1. The summed E-state index contributed by atoms with van der Waals surface area (Å²) in [6, 6.07) is 12.1. The van der Waals surface area contributed by atoms with Crippen molar-refractivity contribution in [3.63, 3.8) is 0 Å². The molecule has 1 amide bonds. The van der Waals surface area contributed by atoms with Gasteiger partial charge in [-0.05, 0) is 42.2 Å². The summed E-state index contributed by atoms with van der Waals surface area (Å²) in [4.78, 5) is 23.5. The summed E-state index contributed by atoms with van der Waals surface area (Å²) in [5.41, 5.74) is 3.83. The zero-order chi connectivity index (χ0) is 19.8. The van der Waals surface area contributed by atoms with E-state index in [1.54, 1.807) is 26.2 Å². The minimum absolute atomic E-state index is 0.0124. The Morgan fingerprint density at radius 1 is 1.32 bits per heavy atom. The van der Waals surface area contributed by atoms with Gasteiger partial charge in [0.25, 0.3) is 5.69 Å². The number of nitro groups is 1. The second-order valence-electron chi connectivity index (χ2n) is 7.04. The maximum absolute atomic E-state index is 12.6. The Morgan fingerprint density at radius 3 is 2.86 bits per heavy atom. The van der Waals surface area contributed by atoms with Crippen molar-refractivity contribution in [3.05, 3.63) is 69.3 Å². The van der Waals surface area contributed by atoms with E-state index in [4.69, 9.17) is 9.84 Å². The summed E-state index contributed by atoms with van der Waals surface area (Å²) in [5, 5.41) is 17.5. The number of rotatable bonds is 4. The van der Waals surface area contributed by atoms with E-state index in [0.29, 0.717) is 6.42 Å². The quantitative estimate of drug-likeness (QED) is 0.596. The summed E-state index contributed by atoms with van der Waals surface area (Å²) in [6.45, 7) is 1.80. The molecule has 1 aliphatic carbocycles. The molecule has 4 rings (SSSR count). The fourth-order valence-electron chi connectivity index (χ4n) is 4.15. The van der Waals surface area contributed by atoms with Crippen LogP contribution in [0.4, 0.5) is 5.69 Å². The number of methoxy groups -OCH3 is 1. The highest BCUT2D eigenvalue weighted by Crippen LogP contribution is 2.44. The number of non-ortho nitro benzene ring substituents is 1.